The number of benzene rings is 2. The van der Waals surface area contributed by atoms with Gasteiger partial charge in [-0.2, -0.15) is 0 Å². The summed E-state index contributed by atoms with van der Waals surface area (Å²) in [7, 11) is 0.196. The molecule has 2 aromatic rings. The molecule has 2 rings (SSSR count). The third-order valence-electron chi connectivity index (χ3n) is 3.80. The maximum Gasteiger partial charge on any atom is 0.245 e. The van der Waals surface area contributed by atoms with Gasteiger partial charge in [0, 0.05) is 30.5 Å². The number of amides is 1. The van der Waals surface area contributed by atoms with E-state index < -0.39 is 15.9 Å². The molecule has 140 valence electrons. The molecule has 0 unspecified atom stereocenters. The van der Waals surface area contributed by atoms with E-state index in [-0.39, 0.29) is 6.54 Å². The highest BCUT2D eigenvalue weighted by Gasteiger charge is 2.21. The van der Waals surface area contributed by atoms with Gasteiger partial charge in [0.25, 0.3) is 0 Å². The Bertz CT molecular complexity index is 896. The van der Waals surface area contributed by atoms with Crippen molar-refractivity contribution in [3.8, 4) is 0 Å². The lowest BCUT2D eigenvalue weighted by Gasteiger charge is -2.22. The Morgan fingerprint density at radius 2 is 1.65 bits per heavy atom. The predicted molar refractivity (Wildman–Crippen MR) is 108 cm³/mol. The number of halogens is 1. The zero-order valence-electron chi connectivity index (χ0n) is 15.2. The van der Waals surface area contributed by atoms with Crippen LogP contribution in [0.15, 0.2) is 42.5 Å². The van der Waals surface area contributed by atoms with E-state index in [1.807, 2.05) is 38.1 Å². The largest absolute Gasteiger partial charge is 0.378 e. The van der Waals surface area contributed by atoms with Gasteiger partial charge in [0.15, 0.2) is 0 Å². The molecule has 26 heavy (non-hydrogen) atoms. The molecular weight excluding hydrogens is 374 g/mol. The second kappa shape index (κ2) is 7.97. The van der Waals surface area contributed by atoms with Gasteiger partial charge in [0.05, 0.1) is 11.9 Å². The van der Waals surface area contributed by atoms with Crippen LogP contribution >= 0.6 is 11.6 Å². The van der Waals surface area contributed by atoms with Crippen LogP contribution in [0.1, 0.15) is 5.56 Å². The molecule has 6 nitrogen and oxygen atoms in total. The van der Waals surface area contributed by atoms with Gasteiger partial charge in [-0.1, -0.05) is 17.7 Å². The topological polar surface area (TPSA) is 69.7 Å². The Morgan fingerprint density at radius 1 is 1.08 bits per heavy atom. The van der Waals surface area contributed by atoms with E-state index in [2.05, 4.69) is 5.32 Å². The van der Waals surface area contributed by atoms with Crippen molar-refractivity contribution in [3.05, 3.63) is 53.1 Å². The van der Waals surface area contributed by atoms with Crippen molar-refractivity contribution in [2.75, 3.05) is 41.4 Å². The summed E-state index contributed by atoms with van der Waals surface area (Å²) in [6.45, 7) is 1.48. The number of hydrogen-bond donors (Lipinski definition) is 1. The minimum Gasteiger partial charge on any atom is -0.378 e. The van der Waals surface area contributed by atoms with Gasteiger partial charge in [-0.05, 0) is 48.9 Å². The van der Waals surface area contributed by atoms with Crippen molar-refractivity contribution in [2.24, 2.45) is 0 Å². The number of carbonyl (C=O) groups excluding carboxylic acids is 1. The fourth-order valence-electron chi connectivity index (χ4n) is 2.31. The number of sulfonamides is 1. The molecule has 1 N–H and O–H groups in total. The normalized spacial score (nSPS) is 11.1. The number of hydrogen-bond acceptors (Lipinski definition) is 4. The Hall–Kier alpha value is -2.25. The van der Waals surface area contributed by atoms with Crippen LogP contribution < -0.4 is 14.5 Å². The zero-order valence-corrected chi connectivity index (χ0v) is 16.7. The molecular formula is C18H22ClN3O3S. The van der Waals surface area contributed by atoms with E-state index in [9.17, 15) is 13.2 Å². The van der Waals surface area contributed by atoms with E-state index >= 15 is 0 Å². The van der Waals surface area contributed by atoms with Gasteiger partial charge in [0.2, 0.25) is 15.9 Å². The first-order chi connectivity index (χ1) is 12.1. The summed E-state index contributed by atoms with van der Waals surface area (Å²) in [6.07, 6.45) is 1.06. The molecule has 0 radical (unpaired) electrons. The number of carbonyl (C=O) groups is 1. The minimum atomic E-state index is -3.65. The lowest BCUT2D eigenvalue weighted by Crippen LogP contribution is -2.37. The molecule has 0 saturated carbocycles. The first-order valence-electron chi connectivity index (χ1n) is 7.89. The van der Waals surface area contributed by atoms with Crippen LogP contribution in [-0.2, 0) is 14.8 Å². The van der Waals surface area contributed by atoms with Crippen LogP contribution in [0, 0.1) is 6.92 Å². The molecule has 8 heteroatoms. The van der Waals surface area contributed by atoms with E-state index in [1.165, 1.54) is 6.07 Å². The first-order valence-corrected chi connectivity index (χ1v) is 10.1. The smallest absolute Gasteiger partial charge is 0.245 e. The minimum absolute atomic E-state index is 0.340. The summed E-state index contributed by atoms with van der Waals surface area (Å²) in [5.74, 6) is -0.440. The Balaban J connectivity index is 2.17. The van der Waals surface area contributed by atoms with Crippen molar-refractivity contribution in [3.63, 3.8) is 0 Å². The van der Waals surface area contributed by atoms with Crippen LogP contribution in [-0.4, -0.2) is 41.2 Å². The van der Waals surface area contributed by atoms with Crippen LogP contribution in [0.2, 0.25) is 5.02 Å². The van der Waals surface area contributed by atoms with Gasteiger partial charge >= 0.3 is 0 Å². The van der Waals surface area contributed by atoms with Gasteiger partial charge in [-0.15, -0.1) is 0 Å². The van der Waals surface area contributed by atoms with Crippen molar-refractivity contribution in [1.82, 2.24) is 0 Å². The summed E-state index contributed by atoms with van der Waals surface area (Å²) in [5.41, 5.74) is 2.77. The second-order valence-corrected chi connectivity index (χ2v) is 8.51. The predicted octanol–water partition coefficient (Wildman–Crippen LogP) is 3.12. The molecule has 0 heterocycles. The van der Waals surface area contributed by atoms with Crippen LogP contribution in [0.3, 0.4) is 0 Å². The van der Waals surface area contributed by atoms with Gasteiger partial charge in [-0.25, -0.2) is 8.42 Å². The Morgan fingerprint density at radius 3 is 2.15 bits per heavy atom. The van der Waals surface area contributed by atoms with Crippen molar-refractivity contribution in [2.45, 2.75) is 6.92 Å². The maximum atomic E-state index is 12.4. The molecule has 0 aliphatic carbocycles. The van der Waals surface area contributed by atoms with Crippen LogP contribution in [0.25, 0.3) is 0 Å². The average Bonchev–Trinajstić information content (AvgIpc) is 2.55. The van der Waals surface area contributed by atoms with E-state index in [4.69, 9.17) is 11.6 Å². The molecule has 0 spiro atoms. The maximum absolute atomic E-state index is 12.4. The quantitative estimate of drug-likeness (QED) is 0.815. The van der Waals surface area contributed by atoms with Crippen molar-refractivity contribution < 1.29 is 13.2 Å². The summed E-state index contributed by atoms with van der Waals surface area (Å²) >= 11 is 6.09. The lowest BCUT2D eigenvalue weighted by atomic mass is 10.2. The molecule has 0 aliphatic rings. The molecule has 2 aromatic carbocycles. The SMILES string of the molecule is Cc1ccc(N(CC(=O)Nc2ccc(N(C)C)cc2)S(C)(=O)=O)cc1Cl. The monoisotopic (exact) mass is 395 g/mol. The van der Waals surface area contributed by atoms with Crippen LogP contribution in [0.4, 0.5) is 17.1 Å². The van der Waals surface area contributed by atoms with E-state index in [0.717, 1.165) is 21.8 Å². The summed E-state index contributed by atoms with van der Waals surface area (Å²) in [5, 5.41) is 3.15. The molecule has 0 aliphatic heterocycles. The second-order valence-electron chi connectivity index (χ2n) is 6.19. The van der Waals surface area contributed by atoms with Gasteiger partial charge in [0.1, 0.15) is 6.54 Å². The molecule has 0 aromatic heterocycles. The Labute approximate surface area is 159 Å². The van der Waals surface area contributed by atoms with Crippen molar-refractivity contribution in [1.29, 1.82) is 0 Å². The summed E-state index contributed by atoms with van der Waals surface area (Å²) in [4.78, 5) is 14.3. The van der Waals surface area contributed by atoms with E-state index in [0.29, 0.717) is 16.4 Å². The number of anilines is 3. The first kappa shape index (κ1) is 20.1. The highest BCUT2D eigenvalue weighted by atomic mass is 35.5. The third-order valence-corrected chi connectivity index (χ3v) is 5.35. The highest BCUT2D eigenvalue weighted by Crippen LogP contribution is 2.25. The van der Waals surface area contributed by atoms with Gasteiger partial charge < -0.3 is 10.2 Å². The number of nitrogens with zero attached hydrogens (tertiary/aromatic N) is 2. The highest BCUT2D eigenvalue weighted by molar-refractivity contribution is 7.92. The lowest BCUT2D eigenvalue weighted by molar-refractivity contribution is -0.114. The zero-order chi connectivity index (χ0) is 19.5. The number of aryl methyl sites for hydroxylation is 1. The van der Waals surface area contributed by atoms with Crippen LogP contribution in [0.5, 0.6) is 0 Å². The fraction of sp³-hybridized carbons (Fsp3) is 0.278. The molecule has 0 atom stereocenters. The standard InChI is InChI=1S/C18H22ClN3O3S/c1-13-5-8-16(11-17(13)19)22(26(4,24)25)12-18(23)20-14-6-9-15(10-7-14)21(2)3/h5-11H,12H2,1-4H3,(H,20,23). The molecule has 1 amide bonds. The number of rotatable bonds is 6. The van der Waals surface area contributed by atoms with Gasteiger partial charge in [-0.3, -0.25) is 9.10 Å². The molecule has 0 saturated heterocycles. The molecule has 0 bridgehead atoms. The molecule has 0 fully saturated rings. The summed E-state index contributed by atoms with van der Waals surface area (Å²) in [6, 6.07) is 12.1. The Kier molecular flexibility index (Phi) is 6.15. The summed E-state index contributed by atoms with van der Waals surface area (Å²) < 4.78 is 25.3. The van der Waals surface area contributed by atoms with Crippen molar-refractivity contribution >= 4 is 44.6 Å². The fourth-order valence-corrected chi connectivity index (χ4v) is 3.33. The third kappa shape index (κ3) is 5.12. The average molecular weight is 396 g/mol. The number of nitrogens with one attached hydrogen (secondary N) is 1. The van der Waals surface area contributed by atoms with E-state index in [1.54, 1.807) is 24.3 Å².